The molecule has 0 saturated heterocycles. The lowest BCUT2D eigenvalue weighted by Crippen LogP contribution is -2.15. The molecule has 3 rings (SSSR count). The van der Waals surface area contributed by atoms with Crippen molar-refractivity contribution >= 4 is 11.9 Å². The molecule has 0 radical (unpaired) electrons. The monoisotopic (exact) mass is 275 g/mol. The van der Waals surface area contributed by atoms with E-state index in [9.17, 15) is 14.7 Å². The Morgan fingerprint density at radius 1 is 1.45 bits per heavy atom. The van der Waals surface area contributed by atoms with Gasteiger partial charge in [0.05, 0.1) is 18.4 Å². The number of fused-ring (bicyclic) bond motifs is 3. The number of amides is 1. The normalized spacial score (nSPS) is 12.8. The number of hydrogen-bond acceptors (Lipinski definition) is 4. The van der Waals surface area contributed by atoms with Crippen LogP contribution in [0.4, 0.5) is 0 Å². The fraction of sp³-hybridized carbons (Fsp3) is 0.333. The zero-order valence-corrected chi connectivity index (χ0v) is 10.6. The molecular formula is C12H13N5O3. The number of nitrogens with zero attached hydrogens (tertiary/aromatic N) is 3. The number of aromatic amines is 1. The lowest BCUT2D eigenvalue weighted by atomic mass is 9.94. The number of aromatic nitrogens is 4. The lowest BCUT2D eigenvalue weighted by molar-refractivity contribution is -0.118. The van der Waals surface area contributed by atoms with Crippen molar-refractivity contribution in [2.24, 2.45) is 5.73 Å². The smallest absolute Gasteiger partial charge is 0.356 e. The Bertz CT molecular complexity index is 700. The number of nitrogens with two attached hydrogens (primary N) is 1. The molecule has 0 aromatic carbocycles. The molecule has 1 amide bonds. The first kappa shape index (κ1) is 12.4. The van der Waals surface area contributed by atoms with Crippen LogP contribution < -0.4 is 5.73 Å². The number of carboxylic acids is 1. The molecule has 0 aliphatic heterocycles. The van der Waals surface area contributed by atoms with Gasteiger partial charge in [-0.3, -0.25) is 14.6 Å². The van der Waals surface area contributed by atoms with E-state index in [4.69, 9.17) is 5.73 Å². The molecule has 8 nitrogen and oxygen atoms in total. The molecule has 0 unspecified atom stereocenters. The van der Waals surface area contributed by atoms with Gasteiger partial charge in [-0.2, -0.15) is 10.2 Å². The number of aromatic carboxylic acids is 1. The minimum Gasteiger partial charge on any atom is -0.476 e. The topological polar surface area (TPSA) is 127 Å². The first-order valence-corrected chi connectivity index (χ1v) is 6.22. The molecule has 20 heavy (non-hydrogen) atoms. The summed E-state index contributed by atoms with van der Waals surface area (Å²) in [6.45, 7) is 0.259. The van der Waals surface area contributed by atoms with Crippen LogP contribution >= 0.6 is 0 Å². The molecule has 0 spiro atoms. The summed E-state index contributed by atoms with van der Waals surface area (Å²) >= 11 is 0. The number of carbonyl (C=O) groups is 2. The number of hydrogen-bond donors (Lipinski definition) is 3. The van der Waals surface area contributed by atoms with Crippen LogP contribution in [0.15, 0.2) is 6.20 Å². The van der Waals surface area contributed by atoms with Crippen LogP contribution in [0.3, 0.4) is 0 Å². The van der Waals surface area contributed by atoms with Crippen molar-refractivity contribution in [3.63, 3.8) is 0 Å². The molecule has 4 N–H and O–H groups in total. The van der Waals surface area contributed by atoms with Gasteiger partial charge in [-0.15, -0.1) is 0 Å². The highest BCUT2D eigenvalue weighted by molar-refractivity contribution is 5.90. The van der Waals surface area contributed by atoms with E-state index in [0.717, 1.165) is 17.0 Å². The van der Waals surface area contributed by atoms with Crippen LogP contribution in [0.2, 0.25) is 0 Å². The molecular weight excluding hydrogens is 262 g/mol. The Labute approximate surface area is 113 Å². The molecule has 104 valence electrons. The van der Waals surface area contributed by atoms with Crippen LogP contribution in [-0.2, 0) is 24.2 Å². The van der Waals surface area contributed by atoms with Crippen LogP contribution in [-0.4, -0.2) is 37.0 Å². The third kappa shape index (κ3) is 1.85. The van der Waals surface area contributed by atoms with Crippen LogP contribution in [0.1, 0.15) is 28.2 Å². The quantitative estimate of drug-likeness (QED) is 0.720. The summed E-state index contributed by atoms with van der Waals surface area (Å²) in [5.74, 6) is -1.51. The van der Waals surface area contributed by atoms with Gasteiger partial charge < -0.3 is 10.8 Å². The third-order valence-corrected chi connectivity index (χ3v) is 3.42. The summed E-state index contributed by atoms with van der Waals surface area (Å²) in [6.07, 6.45) is 3.05. The SMILES string of the molecule is NC(=O)CCn1nc(C(=O)O)c2c1-c1cn[nH]c1CC2. The van der Waals surface area contributed by atoms with E-state index in [1.807, 2.05) is 0 Å². The van der Waals surface area contributed by atoms with E-state index in [-0.39, 0.29) is 18.7 Å². The molecule has 1 aliphatic carbocycles. The van der Waals surface area contributed by atoms with Crippen LogP contribution in [0, 0.1) is 0 Å². The van der Waals surface area contributed by atoms with Gasteiger partial charge in [-0.05, 0) is 12.8 Å². The summed E-state index contributed by atoms with van der Waals surface area (Å²) in [7, 11) is 0. The van der Waals surface area contributed by atoms with Crippen molar-refractivity contribution < 1.29 is 14.7 Å². The fourth-order valence-electron chi connectivity index (χ4n) is 2.54. The van der Waals surface area contributed by atoms with Crippen molar-refractivity contribution in [3.8, 4) is 11.3 Å². The first-order valence-electron chi connectivity index (χ1n) is 6.22. The van der Waals surface area contributed by atoms with Crippen molar-refractivity contribution in [1.29, 1.82) is 0 Å². The fourth-order valence-corrected chi connectivity index (χ4v) is 2.54. The maximum Gasteiger partial charge on any atom is 0.356 e. The van der Waals surface area contributed by atoms with Gasteiger partial charge in [0.1, 0.15) is 0 Å². The average Bonchev–Trinajstić information content (AvgIpc) is 2.99. The number of carbonyl (C=O) groups excluding carboxylic acids is 1. The maximum absolute atomic E-state index is 11.3. The minimum atomic E-state index is -1.06. The van der Waals surface area contributed by atoms with Crippen molar-refractivity contribution in [3.05, 3.63) is 23.1 Å². The second-order valence-corrected chi connectivity index (χ2v) is 4.68. The second-order valence-electron chi connectivity index (χ2n) is 4.68. The predicted molar refractivity (Wildman–Crippen MR) is 68.0 cm³/mol. The third-order valence-electron chi connectivity index (χ3n) is 3.42. The summed E-state index contributed by atoms with van der Waals surface area (Å²) in [5.41, 5.74) is 8.39. The first-order chi connectivity index (χ1) is 9.58. The zero-order chi connectivity index (χ0) is 14.3. The Balaban J connectivity index is 2.12. The predicted octanol–water partition coefficient (Wildman–Crippen LogP) is -0.0546. The van der Waals surface area contributed by atoms with E-state index in [1.54, 1.807) is 6.20 Å². The summed E-state index contributed by atoms with van der Waals surface area (Å²) < 4.78 is 1.54. The van der Waals surface area contributed by atoms with Crippen LogP contribution in [0.25, 0.3) is 11.3 Å². The Morgan fingerprint density at radius 3 is 2.95 bits per heavy atom. The largest absolute Gasteiger partial charge is 0.476 e. The van der Waals surface area contributed by atoms with Crippen molar-refractivity contribution in [2.75, 3.05) is 0 Å². The van der Waals surface area contributed by atoms with Gasteiger partial charge in [-0.25, -0.2) is 4.79 Å². The molecule has 2 aromatic rings. The number of aryl methyl sites for hydroxylation is 2. The molecule has 0 saturated carbocycles. The molecule has 0 fully saturated rings. The molecule has 0 atom stereocenters. The standard InChI is InChI=1S/C12H13N5O3/c13-9(18)3-4-17-11-6(10(16-17)12(19)20)1-2-8-7(11)5-14-15-8/h5H,1-4H2,(H2,13,18)(H,14,15)(H,19,20). The highest BCUT2D eigenvalue weighted by atomic mass is 16.4. The number of rotatable bonds is 4. The van der Waals surface area contributed by atoms with E-state index in [0.29, 0.717) is 18.4 Å². The number of primary amides is 1. The van der Waals surface area contributed by atoms with E-state index < -0.39 is 11.9 Å². The Kier molecular flexibility index (Phi) is 2.78. The highest BCUT2D eigenvalue weighted by Crippen LogP contribution is 2.34. The molecule has 1 aliphatic rings. The Hall–Kier alpha value is -2.64. The Morgan fingerprint density at radius 2 is 2.25 bits per heavy atom. The maximum atomic E-state index is 11.3. The van der Waals surface area contributed by atoms with E-state index in [2.05, 4.69) is 15.3 Å². The lowest BCUT2D eigenvalue weighted by Gasteiger charge is -2.14. The molecule has 2 aromatic heterocycles. The highest BCUT2D eigenvalue weighted by Gasteiger charge is 2.29. The van der Waals surface area contributed by atoms with E-state index >= 15 is 0 Å². The summed E-state index contributed by atoms with van der Waals surface area (Å²) in [6, 6.07) is 0. The number of H-pyrrole nitrogens is 1. The number of nitrogens with one attached hydrogen (secondary N) is 1. The summed E-state index contributed by atoms with van der Waals surface area (Å²) in [5, 5.41) is 20.2. The van der Waals surface area contributed by atoms with Gasteiger partial charge >= 0.3 is 5.97 Å². The van der Waals surface area contributed by atoms with Gasteiger partial charge in [0.25, 0.3) is 0 Å². The second kappa shape index (κ2) is 4.48. The molecule has 0 bridgehead atoms. The summed E-state index contributed by atoms with van der Waals surface area (Å²) in [4.78, 5) is 22.2. The van der Waals surface area contributed by atoms with Gasteiger partial charge in [0.15, 0.2) is 5.69 Å². The van der Waals surface area contributed by atoms with E-state index in [1.165, 1.54) is 4.68 Å². The number of carboxylic acid groups (broad SMARTS) is 1. The minimum absolute atomic E-state index is 0.0383. The molecule has 8 heteroatoms. The van der Waals surface area contributed by atoms with Gasteiger partial charge in [-0.1, -0.05) is 0 Å². The zero-order valence-electron chi connectivity index (χ0n) is 10.6. The molecule has 2 heterocycles. The van der Waals surface area contributed by atoms with Crippen LogP contribution in [0.5, 0.6) is 0 Å². The average molecular weight is 275 g/mol. The van der Waals surface area contributed by atoms with Gasteiger partial charge in [0.2, 0.25) is 5.91 Å². The van der Waals surface area contributed by atoms with Crippen molar-refractivity contribution in [1.82, 2.24) is 20.0 Å². The van der Waals surface area contributed by atoms with Crippen molar-refractivity contribution in [2.45, 2.75) is 25.8 Å². The van der Waals surface area contributed by atoms with Gasteiger partial charge in [0, 0.05) is 23.2 Å².